The number of amides is 1. The van der Waals surface area contributed by atoms with Crippen LogP contribution in [0, 0.1) is 5.92 Å². The van der Waals surface area contributed by atoms with Crippen LogP contribution in [0.15, 0.2) is 24.3 Å². The molecule has 1 aliphatic carbocycles. The number of nitrogens with two attached hydrogens (primary N) is 1. The first-order valence-corrected chi connectivity index (χ1v) is 6.33. The molecule has 0 aliphatic heterocycles. The summed E-state index contributed by atoms with van der Waals surface area (Å²) in [4.78, 5) is 11.6. The number of carbonyl (C=O) groups is 1. The lowest BCUT2D eigenvalue weighted by Crippen LogP contribution is -2.31. The molecule has 17 heavy (non-hydrogen) atoms. The minimum atomic E-state index is 0.139. The van der Waals surface area contributed by atoms with E-state index >= 15 is 0 Å². The second-order valence-corrected chi connectivity index (χ2v) is 4.72. The Morgan fingerprint density at radius 1 is 1.35 bits per heavy atom. The normalized spacial score (nSPS) is 18.5. The van der Waals surface area contributed by atoms with Crippen LogP contribution in [-0.2, 0) is 17.6 Å². The largest absolute Gasteiger partial charge is 0.355 e. The van der Waals surface area contributed by atoms with Crippen LogP contribution < -0.4 is 11.1 Å². The van der Waals surface area contributed by atoms with Crippen molar-refractivity contribution in [2.24, 2.45) is 11.7 Å². The van der Waals surface area contributed by atoms with Crippen LogP contribution in [0.3, 0.4) is 0 Å². The monoisotopic (exact) mass is 232 g/mol. The average Bonchev–Trinajstić information content (AvgIpc) is 2.36. The van der Waals surface area contributed by atoms with Gasteiger partial charge in [-0.3, -0.25) is 4.79 Å². The molecule has 0 saturated carbocycles. The third-order valence-electron chi connectivity index (χ3n) is 3.39. The van der Waals surface area contributed by atoms with E-state index < -0.39 is 0 Å². The Morgan fingerprint density at radius 2 is 2.12 bits per heavy atom. The Labute approximate surface area is 102 Å². The Bertz CT molecular complexity index is 390. The molecule has 0 spiro atoms. The summed E-state index contributed by atoms with van der Waals surface area (Å²) in [5.41, 5.74) is 8.22. The SMILES string of the molecule is NCCNC(=O)CC1CCc2ccccc2C1. The molecule has 1 atom stereocenters. The van der Waals surface area contributed by atoms with Gasteiger partial charge in [0.2, 0.25) is 5.91 Å². The summed E-state index contributed by atoms with van der Waals surface area (Å²) in [7, 11) is 0. The zero-order chi connectivity index (χ0) is 12.1. The minimum absolute atomic E-state index is 0.139. The van der Waals surface area contributed by atoms with Crippen LogP contribution in [0.1, 0.15) is 24.0 Å². The van der Waals surface area contributed by atoms with Crippen molar-refractivity contribution in [3.05, 3.63) is 35.4 Å². The van der Waals surface area contributed by atoms with Crippen LogP contribution in [-0.4, -0.2) is 19.0 Å². The molecule has 1 aliphatic rings. The molecular weight excluding hydrogens is 212 g/mol. The fourth-order valence-electron chi connectivity index (χ4n) is 2.49. The number of hydrogen-bond acceptors (Lipinski definition) is 2. The molecule has 92 valence electrons. The van der Waals surface area contributed by atoms with E-state index in [0.717, 1.165) is 19.3 Å². The third kappa shape index (κ3) is 3.30. The van der Waals surface area contributed by atoms with Gasteiger partial charge in [-0.2, -0.15) is 0 Å². The van der Waals surface area contributed by atoms with Gasteiger partial charge in [-0.1, -0.05) is 24.3 Å². The average molecular weight is 232 g/mol. The molecule has 1 unspecified atom stereocenters. The highest BCUT2D eigenvalue weighted by Gasteiger charge is 2.20. The number of fused-ring (bicyclic) bond motifs is 1. The van der Waals surface area contributed by atoms with Crippen LogP contribution in [0.4, 0.5) is 0 Å². The van der Waals surface area contributed by atoms with Crippen molar-refractivity contribution in [1.82, 2.24) is 5.32 Å². The number of hydrogen-bond donors (Lipinski definition) is 2. The van der Waals surface area contributed by atoms with E-state index in [-0.39, 0.29) is 5.91 Å². The minimum Gasteiger partial charge on any atom is -0.355 e. The molecule has 0 radical (unpaired) electrons. The Morgan fingerprint density at radius 3 is 2.88 bits per heavy atom. The van der Waals surface area contributed by atoms with E-state index in [1.54, 1.807) is 0 Å². The van der Waals surface area contributed by atoms with E-state index in [0.29, 0.717) is 25.4 Å². The van der Waals surface area contributed by atoms with Crippen molar-refractivity contribution in [2.75, 3.05) is 13.1 Å². The molecule has 3 heteroatoms. The van der Waals surface area contributed by atoms with Crippen LogP contribution in [0.25, 0.3) is 0 Å². The molecule has 3 nitrogen and oxygen atoms in total. The van der Waals surface area contributed by atoms with Crippen molar-refractivity contribution in [2.45, 2.75) is 25.7 Å². The lowest BCUT2D eigenvalue weighted by molar-refractivity contribution is -0.122. The van der Waals surface area contributed by atoms with E-state index in [1.807, 2.05) is 0 Å². The second kappa shape index (κ2) is 5.82. The highest BCUT2D eigenvalue weighted by molar-refractivity contribution is 5.76. The predicted octanol–water partition coefficient (Wildman–Crippen LogP) is 1.26. The van der Waals surface area contributed by atoms with E-state index in [1.165, 1.54) is 11.1 Å². The van der Waals surface area contributed by atoms with Crippen molar-refractivity contribution < 1.29 is 4.79 Å². The van der Waals surface area contributed by atoms with Crippen LogP contribution in [0.2, 0.25) is 0 Å². The molecule has 3 N–H and O–H groups in total. The first kappa shape index (κ1) is 12.1. The molecule has 1 amide bonds. The Kier molecular flexibility index (Phi) is 4.15. The van der Waals surface area contributed by atoms with Gasteiger partial charge in [-0.15, -0.1) is 0 Å². The summed E-state index contributed by atoms with van der Waals surface area (Å²) in [6.07, 6.45) is 3.89. The molecule has 0 fully saturated rings. The quantitative estimate of drug-likeness (QED) is 0.821. The number of nitrogens with one attached hydrogen (secondary N) is 1. The Balaban J connectivity index is 1.88. The van der Waals surface area contributed by atoms with E-state index in [2.05, 4.69) is 29.6 Å². The smallest absolute Gasteiger partial charge is 0.220 e. The van der Waals surface area contributed by atoms with Crippen molar-refractivity contribution in [1.29, 1.82) is 0 Å². The van der Waals surface area contributed by atoms with E-state index in [9.17, 15) is 4.79 Å². The molecule has 0 heterocycles. The molecule has 0 bridgehead atoms. The van der Waals surface area contributed by atoms with Gasteiger partial charge in [0.25, 0.3) is 0 Å². The van der Waals surface area contributed by atoms with Gasteiger partial charge in [-0.05, 0) is 36.3 Å². The molecule has 1 aromatic rings. The highest BCUT2D eigenvalue weighted by atomic mass is 16.1. The first-order chi connectivity index (χ1) is 8.29. The maximum atomic E-state index is 11.6. The molecule has 0 aromatic heterocycles. The van der Waals surface area contributed by atoms with Gasteiger partial charge in [0.1, 0.15) is 0 Å². The summed E-state index contributed by atoms with van der Waals surface area (Å²) < 4.78 is 0. The number of benzene rings is 1. The number of aryl methyl sites for hydroxylation is 1. The number of rotatable bonds is 4. The summed E-state index contributed by atoms with van der Waals surface area (Å²) in [5.74, 6) is 0.627. The summed E-state index contributed by atoms with van der Waals surface area (Å²) in [5, 5.41) is 2.84. The number of carbonyl (C=O) groups excluding carboxylic acids is 1. The first-order valence-electron chi connectivity index (χ1n) is 6.33. The second-order valence-electron chi connectivity index (χ2n) is 4.72. The van der Waals surface area contributed by atoms with Gasteiger partial charge in [0.15, 0.2) is 0 Å². The summed E-state index contributed by atoms with van der Waals surface area (Å²) >= 11 is 0. The maximum absolute atomic E-state index is 11.6. The predicted molar refractivity (Wildman–Crippen MR) is 68.6 cm³/mol. The van der Waals surface area contributed by atoms with Gasteiger partial charge in [-0.25, -0.2) is 0 Å². The van der Waals surface area contributed by atoms with Gasteiger partial charge in [0.05, 0.1) is 0 Å². The fourth-order valence-corrected chi connectivity index (χ4v) is 2.49. The summed E-state index contributed by atoms with van der Waals surface area (Å²) in [6, 6.07) is 8.54. The maximum Gasteiger partial charge on any atom is 0.220 e. The van der Waals surface area contributed by atoms with Crippen molar-refractivity contribution in [3.63, 3.8) is 0 Å². The molecule has 2 rings (SSSR count). The van der Waals surface area contributed by atoms with Gasteiger partial charge in [0, 0.05) is 19.5 Å². The molecule has 0 saturated heterocycles. The van der Waals surface area contributed by atoms with Gasteiger partial charge < -0.3 is 11.1 Å². The van der Waals surface area contributed by atoms with Crippen LogP contribution in [0.5, 0.6) is 0 Å². The topological polar surface area (TPSA) is 55.1 Å². The lowest BCUT2D eigenvalue weighted by Gasteiger charge is -2.24. The molecular formula is C14H20N2O. The van der Waals surface area contributed by atoms with Crippen molar-refractivity contribution >= 4 is 5.91 Å². The molecule has 1 aromatic carbocycles. The fraction of sp³-hybridized carbons (Fsp3) is 0.500. The highest BCUT2D eigenvalue weighted by Crippen LogP contribution is 2.27. The lowest BCUT2D eigenvalue weighted by atomic mass is 9.82. The third-order valence-corrected chi connectivity index (χ3v) is 3.39. The zero-order valence-corrected chi connectivity index (χ0v) is 10.1. The zero-order valence-electron chi connectivity index (χ0n) is 10.1. The standard InChI is InChI=1S/C14H20N2O/c15-7-8-16-14(17)10-11-5-6-12-3-1-2-4-13(12)9-11/h1-4,11H,5-10,15H2,(H,16,17). The van der Waals surface area contributed by atoms with Crippen molar-refractivity contribution in [3.8, 4) is 0 Å². The van der Waals surface area contributed by atoms with E-state index in [4.69, 9.17) is 5.73 Å². The Hall–Kier alpha value is -1.35. The van der Waals surface area contributed by atoms with Crippen LogP contribution >= 0.6 is 0 Å². The summed E-state index contributed by atoms with van der Waals surface area (Å²) in [6.45, 7) is 1.10. The van der Waals surface area contributed by atoms with Gasteiger partial charge >= 0.3 is 0 Å².